The maximum Gasteiger partial charge on any atom is 0.469 e. The van der Waals surface area contributed by atoms with Gasteiger partial charge in [0.2, 0.25) is 0 Å². The average Bonchev–Trinajstić information content (AvgIpc) is 2.95. The predicted molar refractivity (Wildman–Crippen MR) is 170 cm³/mol. The monoisotopic (exact) mass is 618 g/mol. The predicted octanol–water partition coefficient (Wildman–Crippen LogP) is 9.51. The number of carbonyl (C=O) groups is 2. The number of phosphoric acid groups is 1. The van der Waals surface area contributed by atoms with Crippen LogP contribution in [-0.4, -0.2) is 41.0 Å². The summed E-state index contributed by atoms with van der Waals surface area (Å²) in [6, 6.07) is 0. The Balaban J connectivity index is 4.02. The smallest absolute Gasteiger partial charge is 0.462 e. The van der Waals surface area contributed by atoms with Gasteiger partial charge in [-0.05, 0) is 38.5 Å². The average molecular weight is 619 g/mol. The molecule has 0 saturated carbocycles. The molecule has 9 heteroatoms. The van der Waals surface area contributed by atoms with E-state index in [1.165, 1.54) is 96.3 Å². The molecule has 1 atom stereocenters. The fraction of sp³-hybridized carbons (Fsp3) is 0.879. The van der Waals surface area contributed by atoms with Gasteiger partial charge >= 0.3 is 19.8 Å². The zero-order chi connectivity index (χ0) is 31.2. The normalized spacial score (nSPS) is 12.6. The summed E-state index contributed by atoms with van der Waals surface area (Å²) in [5.41, 5.74) is 0. The van der Waals surface area contributed by atoms with Gasteiger partial charge in [0.05, 0.1) is 6.61 Å². The van der Waals surface area contributed by atoms with Crippen LogP contribution in [0.3, 0.4) is 0 Å². The first-order valence-electron chi connectivity index (χ1n) is 17.0. The van der Waals surface area contributed by atoms with Gasteiger partial charge in [-0.25, -0.2) is 4.57 Å². The second-order valence-corrected chi connectivity index (χ2v) is 12.7. The van der Waals surface area contributed by atoms with Crippen LogP contribution >= 0.6 is 7.82 Å². The van der Waals surface area contributed by atoms with Crippen molar-refractivity contribution in [3.05, 3.63) is 12.2 Å². The van der Waals surface area contributed by atoms with Crippen molar-refractivity contribution in [3.63, 3.8) is 0 Å². The number of ether oxygens (including phenoxy) is 2. The molecule has 0 heterocycles. The second kappa shape index (κ2) is 29.8. The minimum absolute atomic E-state index is 0.185. The summed E-state index contributed by atoms with van der Waals surface area (Å²) >= 11 is 0. The molecule has 0 saturated heterocycles. The molecule has 0 aliphatic heterocycles. The van der Waals surface area contributed by atoms with E-state index in [2.05, 4.69) is 30.5 Å². The number of allylic oxidation sites excluding steroid dienone is 2. The second-order valence-electron chi connectivity index (χ2n) is 11.5. The Morgan fingerprint density at radius 1 is 0.595 bits per heavy atom. The van der Waals surface area contributed by atoms with Gasteiger partial charge in [-0.3, -0.25) is 14.1 Å². The first-order valence-corrected chi connectivity index (χ1v) is 18.5. The minimum atomic E-state index is -4.74. The van der Waals surface area contributed by atoms with Crippen LogP contribution in [0.15, 0.2) is 12.2 Å². The zero-order valence-electron chi connectivity index (χ0n) is 26.9. The molecule has 0 aromatic rings. The highest BCUT2D eigenvalue weighted by molar-refractivity contribution is 7.46. The highest BCUT2D eigenvalue weighted by Crippen LogP contribution is 2.35. The lowest BCUT2D eigenvalue weighted by molar-refractivity contribution is -0.161. The Labute approximate surface area is 257 Å². The minimum Gasteiger partial charge on any atom is -0.462 e. The lowest BCUT2D eigenvalue weighted by atomic mass is 10.1. The van der Waals surface area contributed by atoms with Crippen LogP contribution in [0.4, 0.5) is 0 Å². The van der Waals surface area contributed by atoms with Crippen molar-refractivity contribution in [3.8, 4) is 0 Å². The van der Waals surface area contributed by atoms with E-state index in [1.54, 1.807) is 0 Å². The highest BCUT2D eigenvalue weighted by atomic mass is 31.2. The third-order valence-corrected chi connectivity index (χ3v) is 7.77. The summed E-state index contributed by atoms with van der Waals surface area (Å²) in [6.45, 7) is 3.62. The Morgan fingerprint density at radius 2 is 1.00 bits per heavy atom. The first-order chi connectivity index (χ1) is 20.3. The van der Waals surface area contributed by atoms with E-state index < -0.39 is 32.5 Å². The summed E-state index contributed by atoms with van der Waals surface area (Å²) in [5, 5.41) is 0. The molecular weight excluding hydrogens is 555 g/mol. The summed E-state index contributed by atoms with van der Waals surface area (Å²) in [4.78, 5) is 42.4. The van der Waals surface area contributed by atoms with E-state index in [-0.39, 0.29) is 19.4 Å². The Hall–Kier alpha value is -1.21. The Bertz CT molecular complexity index is 706. The van der Waals surface area contributed by atoms with E-state index in [1.807, 2.05) is 0 Å². The molecule has 0 bridgehead atoms. The number of rotatable bonds is 31. The third-order valence-electron chi connectivity index (χ3n) is 7.28. The number of carbonyl (C=O) groups excluding carboxylic acids is 2. The van der Waals surface area contributed by atoms with Gasteiger partial charge < -0.3 is 19.3 Å². The maximum atomic E-state index is 12.3. The van der Waals surface area contributed by atoms with Gasteiger partial charge in [0, 0.05) is 12.8 Å². The lowest BCUT2D eigenvalue weighted by Crippen LogP contribution is -2.29. The standard InChI is InChI=1S/C33H63O8P/c1-3-5-7-9-11-13-14-15-16-17-18-20-22-24-26-28-33(35)41-31(30-40-42(36,37)38)29-39-32(34)27-25-23-21-19-12-10-8-6-4-2/h18,20,31H,3-17,19,21-30H2,1-2H3,(H2,36,37,38)/b20-18+/t31-/m1/s1. The summed E-state index contributed by atoms with van der Waals surface area (Å²) in [7, 11) is -4.74. The van der Waals surface area contributed by atoms with Crippen LogP contribution in [0, 0.1) is 0 Å². The van der Waals surface area contributed by atoms with Gasteiger partial charge in [-0.1, -0.05) is 129 Å². The lowest BCUT2D eigenvalue weighted by Gasteiger charge is -2.18. The molecular formula is C33H63O8P. The molecule has 0 spiro atoms. The van der Waals surface area contributed by atoms with Crippen molar-refractivity contribution in [2.45, 2.75) is 174 Å². The van der Waals surface area contributed by atoms with Crippen LogP contribution in [0.1, 0.15) is 168 Å². The molecule has 0 rings (SSSR count). The fourth-order valence-electron chi connectivity index (χ4n) is 4.72. The van der Waals surface area contributed by atoms with E-state index in [0.29, 0.717) is 6.42 Å². The number of unbranched alkanes of at least 4 members (excludes halogenated alkanes) is 19. The molecule has 0 aromatic carbocycles. The van der Waals surface area contributed by atoms with Gasteiger partial charge in [-0.2, -0.15) is 0 Å². The highest BCUT2D eigenvalue weighted by Gasteiger charge is 2.22. The zero-order valence-corrected chi connectivity index (χ0v) is 27.8. The van der Waals surface area contributed by atoms with Crippen molar-refractivity contribution >= 4 is 19.8 Å². The number of hydrogen-bond acceptors (Lipinski definition) is 6. The van der Waals surface area contributed by atoms with E-state index in [9.17, 15) is 14.2 Å². The molecule has 0 aliphatic carbocycles. The van der Waals surface area contributed by atoms with Gasteiger partial charge in [0.25, 0.3) is 0 Å². The van der Waals surface area contributed by atoms with Crippen molar-refractivity contribution in [2.24, 2.45) is 0 Å². The molecule has 0 aromatic heterocycles. The fourth-order valence-corrected chi connectivity index (χ4v) is 5.08. The molecule has 8 nitrogen and oxygen atoms in total. The molecule has 0 aliphatic rings. The number of hydrogen-bond donors (Lipinski definition) is 2. The molecule has 248 valence electrons. The third kappa shape index (κ3) is 31.7. The van der Waals surface area contributed by atoms with E-state index in [4.69, 9.17) is 19.3 Å². The summed E-state index contributed by atoms with van der Waals surface area (Å²) in [6.07, 6.45) is 29.4. The summed E-state index contributed by atoms with van der Waals surface area (Å²) in [5.74, 6) is -0.910. The van der Waals surface area contributed by atoms with Crippen LogP contribution < -0.4 is 0 Å². The SMILES string of the molecule is CCCCCCCCCCC/C=C/CCCCC(=O)O[C@H](COC(=O)CCCCCCCCCCC)COP(=O)(O)O. The van der Waals surface area contributed by atoms with Crippen molar-refractivity contribution in [1.82, 2.24) is 0 Å². The molecule has 0 amide bonds. The van der Waals surface area contributed by atoms with Gasteiger partial charge in [-0.15, -0.1) is 0 Å². The topological polar surface area (TPSA) is 119 Å². The van der Waals surface area contributed by atoms with Crippen molar-refractivity contribution in [2.75, 3.05) is 13.2 Å². The molecule has 0 fully saturated rings. The first kappa shape index (κ1) is 40.8. The number of esters is 2. The molecule has 0 unspecified atom stereocenters. The van der Waals surface area contributed by atoms with Crippen molar-refractivity contribution in [1.29, 1.82) is 0 Å². The van der Waals surface area contributed by atoms with E-state index >= 15 is 0 Å². The largest absolute Gasteiger partial charge is 0.469 e. The molecule has 2 N–H and O–H groups in total. The number of phosphoric ester groups is 1. The van der Waals surface area contributed by atoms with Crippen LogP contribution in [0.5, 0.6) is 0 Å². The summed E-state index contributed by atoms with van der Waals surface area (Å²) < 4.78 is 26.1. The van der Waals surface area contributed by atoms with Crippen LogP contribution in [0.2, 0.25) is 0 Å². The quantitative estimate of drug-likeness (QED) is 0.0341. The van der Waals surface area contributed by atoms with Gasteiger partial charge in [0.1, 0.15) is 6.61 Å². The maximum absolute atomic E-state index is 12.3. The Morgan fingerprint density at radius 3 is 1.50 bits per heavy atom. The molecule has 0 radical (unpaired) electrons. The van der Waals surface area contributed by atoms with Crippen molar-refractivity contribution < 1.29 is 37.9 Å². The van der Waals surface area contributed by atoms with Crippen LogP contribution in [0.25, 0.3) is 0 Å². The van der Waals surface area contributed by atoms with Gasteiger partial charge in [0.15, 0.2) is 6.10 Å². The Kier molecular flexibility index (Phi) is 29.0. The van der Waals surface area contributed by atoms with Crippen LogP contribution in [-0.2, 0) is 28.2 Å². The molecule has 42 heavy (non-hydrogen) atoms. The van der Waals surface area contributed by atoms with E-state index in [0.717, 1.165) is 38.5 Å².